The molecule has 0 heterocycles. The molecule has 0 saturated heterocycles. The van der Waals surface area contributed by atoms with Gasteiger partial charge in [-0.05, 0) is 37.1 Å². The second-order valence-corrected chi connectivity index (χ2v) is 5.65. The van der Waals surface area contributed by atoms with Gasteiger partial charge in [-0.3, -0.25) is 0 Å². The van der Waals surface area contributed by atoms with E-state index < -0.39 is 0 Å². The first-order valence-electron chi connectivity index (χ1n) is 6.34. The summed E-state index contributed by atoms with van der Waals surface area (Å²) in [4.78, 5) is 1.27. The highest BCUT2D eigenvalue weighted by molar-refractivity contribution is 7.99. The lowest BCUT2D eigenvalue weighted by atomic mass is 10.1. The van der Waals surface area contributed by atoms with Crippen molar-refractivity contribution in [3.8, 4) is 5.75 Å². The Hall–Kier alpha value is -1.61. The van der Waals surface area contributed by atoms with Crippen LogP contribution in [0.5, 0.6) is 5.75 Å². The minimum Gasteiger partial charge on any atom is -0.492 e. The summed E-state index contributed by atoms with van der Waals surface area (Å²) in [7, 11) is 0. The number of ether oxygens (including phenoxy) is 1. The van der Waals surface area contributed by atoms with Crippen LogP contribution in [-0.4, -0.2) is 12.4 Å². The van der Waals surface area contributed by atoms with Crippen LogP contribution in [0.4, 0.5) is 5.69 Å². The average Bonchev–Trinajstić information content (AvgIpc) is 2.41. The van der Waals surface area contributed by atoms with Crippen LogP contribution < -0.4 is 10.5 Å². The fraction of sp³-hybridized carbons (Fsp3) is 0.250. The van der Waals surface area contributed by atoms with Gasteiger partial charge in [-0.15, -0.1) is 11.8 Å². The van der Waals surface area contributed by atoms with Gasteiger partial charge in [-0.1, -0.05) is 24.3 Å². The SMILES string of the molecule is Cc1cc(C)c(OCCSc2ccccc2)cc1N. The predicted octanol–water partition coefficient (Wildman–Crippen LogP) is 4.06. The Balaban J connectivity index is 1.85. The quantitative estimate of drug-likeness (QED) is 0.507. The highest BCUT2D eigenvalue weighted by Gasteiger charge is 2.03. The van der Waals surface area contributed by atoms with Gasteiger partial charge >= 0.3 is 0 Å². The lowest BCUT2D eigenvalue weighted by Crippen LogP contribution is -2.02. The van der Waals surface area contributed by atoms with Gasteiger partial charge in [0.25, 0.3) is 0 Å². The number of benzene rings is 2. The summed E-state index contributed by atoms with van der Waals surface area (Å²) in [6.07, 6.45) is 0. The molecule has 0 atom stereocenters. The molecule has 0 aliphatic rings. The zero-order valence-corrected chi connectivity index (χ0v) is 12.2. The van der Waals surface area contributed by atoms with Gasteiger partial charge in [-0.25, -0.2) is 0 Å². The normalized spacial score (nSPS) is 10.4. The molecule has 0 aliphatic heterocycles. The molecular formula is C16H19NOS. The van der Waals surface area contributed by atoms with E-state index in [0.29, 0.717) is 6.61 Å². The third-order valence-corrected chi connectivity index (χ3v) is 3.89. The number of rotatable bonds is 5. The zero-order chi connectivity index (χ0) is 13.7. The Morgan fingerprint density at radius 3 is 2.53 bits per heavy atom. The third kappa shape index (κ3) is 3.93. The maximum absolute atomic E-state index is 5.90. The van der Waals surface area contributed by atoms with Crippen molar-refractivity contribution in [2.24, 2.45) is 0 Å². The van der Waals surface area contributed by atoms with Gasteiger partial charge in [0.15, 0.2) is 0 Å². The first-order valence-corrected chi connectivity index (χ1v) is 7.33. The van der Waals surface area contributed by atoms with Crippen LogP contribution in [0, 0.1) is 13.8 Å². The smallest absolute Gasteiger partial charge is 0.124 e. The standard InChI is InChI=1S/C16H19NOS/c1-12-10-13(2)16(11-15(12)17)18-8-9-19-14-6-4-3-5-7-14/h3-7,10-11H,8-9,17H2,1-2H3. The first-order chi connectivity index (χ1) is 9.16. The highest BCUT2D eigenvalue weighted by atomic mass is 32.2. The molecule has 2 nitrogen and oxygen atoms in total. The number of nitrogens with two attached hydrogens (primary N) is 1. The Morgan fingerprint density at radius 1 is 1.05 bits per heavy atom. The monoisotopic (exact) mass is 273 g/mol. The van der Waals surface area contributed by atoms with E-state index in [1.165, 1.54) is 4.90 Å². The van der Waals surface area contributed by atoms with Crippen molar-refractivity contribution in [1.29, 1.82) is 0 Å². The lowest BCUT2D eigenvalue weighted by molar-refractivity contribution is 0.341. The lowest BCUT2D eigenvalue weighted by Gasteiger charge is -2.11. The molecule has 2 aromatic rings. The second-order valence-electron chi connectivity index (χ2n) is 4.48. The molecule has 19 heavy (non-hydrogen) atoms. The number of anilines is 1. The van der Waals surface area contributed by atoms with E-state index in [1.54, 1.807) is 11.8 Å². The van der Waals surface area contributed by atoms with Crippen molar-refractivity contribution in [1.82, 2.24) is 0 Å². The van der Waals surface area contributed by atoms with Gasteiger partial charge in [0.05, 0.1) is 6.61 Å². The summed E-state index contributed by atoms with van der Waals surface area (Å²) in [5.41, 5.74) is 8.92. The van der Waals surface area contributed by atoms with Crippen molar-refractivity contribution in [3.63, 3.8) is 0 Å². The molecule has 0 amide bonds. The summed E-state index contributed by atoms with van der Waals surface area (Å²) in [6.45, 7) is 4.74. The molecule has 3 heteroatoms. The molecule has 0 aliphatic carbocycles. The maximum Gasteiger partial charge on any atom is 0.124 e. The number of aryl methyl sites for hydroxylation is 2. The van der Waals surface area contributed by atoms with Crippen LogP contribution in [0.25, 0.3) is 0 Å². The molecular weight excluding hydrogens is 254 g/mol. The van der Waals surface area contributed by atoms with Gasteiger partial charge in [0, 0.05) is 22.4 Å². The number of hydrogen-bond acceptors (Lipinski definition) is 3. The van der Waals surface area contributed by atoms with Crippen molar-refractivity contribution < 1.29 is 4.74 Å². The summed E-state index contributed by atoms with van der Waals surface area (Å²) < 4.78 is 5.79. The van der Waals surface area contributed by atoms with Crippen molar-refractivity contribution in [2.45, 2.75) is 18.7 Å². The van der Waals surface area contributed by atoms with E-state index in [4.69, 9.17) is 10.5 Å². The summed E-state index contributed by atoms with van der Waals surface area (Å²) in [5.74, 6) is 1.81. The third-order valence-electron chi connectivity index (χ3n) is 2.92. The summed E-state index contributed by atoms with van der Waals surface area (Å²) >= 11 is 1.80. The molecule has 0 fully saturated rings. The van der Waals surface area contributed by atoms with Crippen LogP contribution in [0.3, 0.4) is 0 Å². The van der Waals surface area contributed by atoms with Crippen LogP contribution >= 0.6 is 11.8 Å². The molecule has 0 spiro atoms. The van der Waals surface area contributed by atoms with Crippen molar-refractivity contribution in [2.75, 3.05) is 18.1 Å². The molecule has 100 valence electrons. The van der Waals surface area contributed by atoms with E-state index >= 15 is 0 Å². The molecule has 0 radical (unpaired) electrons. The molecule has 2 aromatic carbocycles. The Kier molecular flexibility index (Phi) is 4.74. The molecule has 0 unspecified atom stereocenters. The zero-order valence-electron chi connectivity index (χ0n) is 11.3. The first kappa shape index (κ1) is 13.8. The second kappa shape index (κ2) is 6.53. The maximum atomic E-state index is 5.90. The van der Waals surface area contributed by atoms with E-state index in [0.717, 1.165) is 28.3 Å². The molecule has 0 bridgehead atoms. The Labute approximate surface area is 119 Å². The van der Waals surface area contributed by atoms with E-state index in [-0.39, 0.29) is 0 Å². The number of nitrogen functional groups attached to an aromatic ring is 1. The molecule has 2 N–H and O–H groups in total. The van der Waals surface area contributed by atoms with E-state index in [9.17, 15) is 0 Å². The minimum atomic E-state index is 0.683. The largest absolute Gasteiger partial charge is 0.492 e. The van der Waals surface area contributed by atoms with Crippen molar-refractivity contribution >= 4 is 17.4 Å². The van der Waals surface area contributed by atoms with Gasteiger partial charge in [0.1, 0.15) is 5.75 Å². The van der Waals surface area contributed by atoms with Gasteiger partial charge in [0.2, 0.25) is 0 Å². The minimum absolute atomic E-state index is 0.683. The van der Waals surface area contributed by atoms with Crippen LogP contribution in [0.1, 0.15) is 11.1 Å². The topological polar surface area (TPSA) is 35.2 Å². The van der Waals surface area contributed by atoms with Crippen LogP contribution in [-0.2, 0) is 0 Å². The summed E-state index contributed by atoms with van der Waals surface area (Å²) in [5, 5.41) is 0. The highest BCUT2D eigenvalue weighted by Crippen LogP contribution is 2.25. The van der Waals surface area contributed by atoms with Crippen LogP contribution in [0.2, 0.25) is 0 Å². The average molecular weight is 273 g/mol. The van der Waals surface area contributed by atoms with Gasteiger partial charge < -0.3 is 10.5 Å². The van der Waals surface area contributed by atoms with Crippen LogP contribution in [0.15, 0.2) is 47.4 Å². The van der Waals surface area contributed by atoms with E-state index in [2.05, 4.69) is 18.2 Å². The summed E-state index contributed by atoms with van der Waals surface area (Å²) in [6, 6.07) is 14.3. The Bertz CT molecular complexity index is 540. The molecule has 0 saturated carbocycles. The van der Waals surface area contributed by atoms with E-state index in [1.807, 2.05) is 38.1 Å². The fourth-order valence-electron chi connectivity index (χ4n) is 1.83. The van der Waals surface area contributed by atoms with Crippen molar-refractivity contribution in [3.05, 3.63) is 53.6 Å². The van der Waals surface area contributed by atoms with Gasteiger partial charge in [-0.2, -0.15) is 0 Å². The molecule has 2 rings (SSSR count). The molecule has 0 aromatic heterocycles. The predicted molar refractivity (Wildman–Crippen MR) is 83.0 cm³/mol. The number of thioether (sulfide) groups is 1. The fourth-order valence-corrected chi connectivity index (χ4v) is 2.58. The Morgan fingerprint density at radius 2 is 1.79 bits per heavy atom. The number of hydrogen-bond donors (Lipinski definition) is 1.